The minimum Gasteiger partial charge on any atom is -0.434 e. The van der Waals surface area contributed by atoms with Crippen LogP contribution >= 0.6 is 0 Å². The van der Waals surface area contributed by atoms with E-state index in [1.54, 1.807) is 12.1 Å². The number of aromatic nitrogens is 2. The zero-order valence-electron chi connectivity index (χ0n) is 14.2. The number of rotatable bonds is 8. The quantitative estimate of drug-likeness (QED) is 0.435. The van der Waals surface area contributed by atoms with E-state index in [2.05, 4.69) is 29.1 Å². The van der Waals surface area contributed by atoms with E-state index in [4.69, 9.17) is 4.74 Å². The fourth-order valence-corrected chi connectivity index (χ4v) is 2.15. The predicted octanol–water partition coefficient (Wildman–Crippen LogP) is 4.51. The van der Waals surface area contributed by atoms with Crippen LogP contribution in [-0.2, 0) is 0 Å². The number of hydrogen-bond donors (Lipinski definition) is 1. The molecule has 0 saturated heterocycles. The first-order valence-corrected chi connectivity index (χ1v) is 8.04. The van der Waals surface area contributed by atoms with Crippen LogP contribution in [0.1, 0.15) is 45.1 Å². The van der Waals surface area contributed by atoms with Gasteiger partial charge < -0.3 is 10.1 Å². The van der Waals surface area contributed by atoms with Crippen molar-refractivity contribution in [1.82, 2.24) is 9.97 Å². The second-order valence-corrected chi connectivity index (χ2v) is 5.74. The first kappa shape index (κ1) is 17.7. The molecule has 0 radical (unpaired) electrons. The summed E-state index contributed by atoms with van der Waals surface area (Å²) >= 11 is 0. The van der Waals surface area contributed by atoms with Crippen molar-refractivity contribution in [1.29, 1.82) is 0 Å². The van der Waals surface area contributed by atoms with Gasteiger partial charge in [0.05, 0.1) is 4.92 Å². The minimum atomic E-state index is -0.522. The lowest BCUT2D eigenvalue weighted by Crippen LogP contribution is -2.08. The highest BCUT2D eigenvalue weighted by Crippen LogP contribution is 2.34. The molecule has 128 valence electrons. The summed E-state index contributed by atoms with van der Waals surface area (Å²) in [5.41, 5.74) is 0.919. The number of anilines is 1. The average molecular weight is 330 g/mol. The Bertz CT molecular complexity index is 687. The Balaban J connectivity index is 2.25. The third-order valence-corrected chi connectivity index (χ3v) is 3.56. The normalized spacial score (nSPS) is 10.7. The van der Waals surface area contributed by atoms with Crippen molar-refractivity contribution in [3.63, 3.8) is 0 Å². The van der Waals surface area contributed by atoms with Crippen molar-refractivity contribution >= 4 is 11.5 Å². The van der Waals surface area contributed by atoms with E-state index in [0.717, 1.165) is 12.8 Å². The van der Waals surface area contributed by atoms with Crippen molar-refractivity contribution in [3.8, 4) is 11.6 Å². The average Bonchev–Trinajstić information content (AvgIpc) is 2.55. The second-order valence-electron chi connectivity index (χ2n) is 5.74. The molecule has 1 heterocycles. The van der Waals surface area contributed by atoms with E-state index >= 15 is 0 Å². The van der Waals surface area contributed by atoms with Crippen molar-refractivity contribution in [2.75, 3.05) is 11.9 Å². The van der Waals surface area contributed by atoms with Gasteiger partial charge in [-0.3, -0.25) is 10.1 Å². The topological polar surface area (TPSA) is 90.2 Å². The zero-order valence-corrected chi connectivity index (χ0v) is 14.2. The summed E-state index contributed by atoms with van der Waals surface area (Å²) < 4.78 is 5.62. The monoisotopic (exact) mass is 330 g/mol. The van der Waals surface area contributed by atoms with Gasteiger partial charge in [-0.1, -0.05) is 39.3 Å². The zero-order chi connectivity index (χ0) is 17.5. The van der Waals surface area contributed by atoms with Crippen molar-refractivity contribution in [3.05, 3.63) is 46.3 Å². The molecule has 0 atom stereocenters. The number of ether oxygens (including phenoxy) is 1. The van der Waals surface area contributed by atoms with Crippen LogP contribution in [0.4, 0.5) is 11.5 Å². The molecule has 24 heavy (non-hydrogen) atoms. The highest BCUT2D eigenvalue weighted by Gasteiger charge is 2.24. The van der Waals surface area contributed by atoms with Gasteiger partial charge in [0.25, 0.3) is 0 Å². The van der Waals surface area contributed by atoms with Crippen LogP contribution in [0.25, 0.3) is 0 Å². The molecule has 7 heteroatoms. The van der Waals surface area contributed by atoms with Crippen molar-refractivity contribution < 1.29 is 9.66 Å². The Hall–Kier alpha value is -2.70. The van der Waals surface area contributed by atoms with Gasteiger partial charge in [0.2, 0.25) is 5.82 Å². The number of nitrogens with one attached hydrogen (secondary N) is 1. The molecular formula is C17H22N4O3. The molecule has 1 aromatic heterocycles. The lowest BCUT2D eigenvalue weighted by Gasteiger charge is -2.10. The fraction of sp³-hybridized carbons (Fsp3) is 0.412. The third kappa shape index (κ3) is 4.41. The molecule has 0 fully saturated rings. The largest absolute Gasteiger partial charge is 0.434 e. The number of nitro groups is 1. The van der Waals surface area contributed by atoms with Crippen LogP contribution in [0.15, 0.2) is 30.6 Å². The predicted molar refractivity (Wildman–Crippen MR) is 92.7 cm³/mol. The highest BCUT2D eigenvalue weighted by atomic mass is 16.6. The molecule has 1 N–H and O–H groups in total. The van der Waals surface area contributed by atoms with E-state index < -0.39 is 4.92 Å². The lowest BCUT2D eigenvalue weighted by atomic mass is 10.0. The van der Waals surface area contributed by atoms with Gasteiger partial charge in [-0.15, -0.1) is 0 Å². The molecule has 0 aliphatic carbocycles. The van der Waals surface area contributed by atoms with Gasteiger partial charge in [-0.2, -0.15) is 4.98 Å². The first-order valence-electron chi connectivity index (χ1n) is 8.04. The molecule has 0 aliphatic rings. The summed E-state index contributed by atoms with van der Waals surface area (Å²) in [6.07, 6.45) is 3.14. The van der Waals surface area contributed by atoms with Crippen molar-refractivity contribution in [2.24, 2.45) is 0 Å². The fourth-order valence-electron chi connectivity index (χ4n) is 2.15. The lowest BCUT2D eigenvalue weighted by molar-refractivity contribution is -0.385. The molecular weight excluding hydrogens is 308 g/mol. The van der Waals surface area contributed by atoms with Crippen LogP contribution in [0.3, 0.4) is 0 Å². The Morgan fingerprint density at radius 3 is 2.54 bits per heavy atom. The van der Waals surface area contributed by atoms with E-state index in [-0.39, 0.29) is 17.4 Å². The molecule has 0 unspecified atom stereocenters. The standard InChI is InChI=1S/C17H22N4O3/c1-4-5-10-18-16-15(21(22)23)17(20-11-19-16)24-14-8-6-13(7-9-14)12(2)3/h6-9,11-12H,4-5,10H2,1-3H3,(H,18,19,20). The van der Waals surface area contributed by atoms with E-state index in [1.165, 1.54) is 11.9 Å². The maximum Gasteiger partial charge on any atom is 0.373 e. The number of benzene rings is 1. The van der Waals surface area contributed by atoms with Crippen LogP contribution in [0, 0.1) is 10.1 Å². The maximum atomic E-state index is 11.4. The Labute approximate surface area is 141 Å². The first-order chi connectivity index (χ1) is 11.5. The highest BCUT2D eigenvalue weighted by molar-refractivity contribution is 5.61. The van der Waals surface area contributed by atoms with E-state index in [1.807, 2.05) is 19.1 Å². The number of nitrogens with zero attached hydrogens (tertiary/aromatic N) is 3. The molecule has 0 saturated carbocycles. The minimum absolute atomic E-state index is 0.0636. The Kier molecular flexibility index (Phi) is 6.06. The van der Waals surface area contributed by atoms with Crippen LogP contribution in [0.5, 0.6) is 11.6 Å². The van der Waals surface area contributed by atoms with Gasteiger partial charge in [-0.25, -0.2) is 4.98 Å². The van der Waals surface area contributed by atoms with Crippen LogP contribution in [0.2, 0.25) is 0 Å². The van der Waals surface area contributed by atoms with Crippen LogP contribution < -0.4 is 10.1 Å². The number of hydrogen-bond acceptors (Lipinski definition) is 6. The smallest absolute Gasteiger partial charge is 0.373 e. The Morgan fingerprint density at radius 1 is 1.25 bits per heavy atom. The summed E-state index contributed by atoms with van der Waals surface area (Å²) in [5, 5.41) is 14.4. The summed E-state index contributed by atoms with van der Waals surface area (Å²) in [5.74, 6) is 1.02. The summed E-state index contributed by atoms with van der Waals surface area (Å²) in [6.45, 7) is 6.85. The molecule has 0 aliphatic heterocycles. The molecule has 2 aromatic rings. The van der Waals surface area contributed by atoms with Gasteiger partial charge in [-0.05, 0) is 30.0 Å². The maximum absolute atomic E-state index is 11.4. The van der Waals surface area contributed by atoms with Gasteiger partial charge in [0, 0.05) is 6.54 Å². The molecule has 7 nitrogen and oxygen atoms in total. The molecule has 0 amide bonds. The summed E-state index contributed by atoms with van der Waals surface area (Å²) in [7, 11) is 0. The third-order valence-electron chi connectivity index (χ3n) is 3.56. The van der Waals surface area contributed by atoms with Gasteiger partial charge >= 0.3 is 11.6 Å². The van der Waals surface area contributed by atoms with E-state index in [9.17, 15) is 10.1 Å². The van der Waals surface area contributed by atoms with Gasteiger partial charge in [0.15, 0.2) is 0 Å². The van der Waals surface area contributed by atoms with Crippen LogP contribution in [-0.4, -0.2) is 21.4 Å². The Morgan fingerprint density at radius 2 is 1.96 bits per heavy atom. The molecule has 0 bridgehead atoms. The van der Waals surface area contributed by atoms with E-state index in [0.29, 0.717) is 18.2 Å². The summed E-state index contributed by atoms with van der Waals surface area (Å²) in [4.78, 5) is 18.8. The van der Waals surface area contributed by atoms with Crippen molar-refractivity contribution in [2.45, 2.75) is 39.5 Å². The number of unbranched alkanes of at least 4 members (excludes halogenated alkanes) is 1. The summed E-state index contributed by atoms with van der Waals surface area (Å²) in [6, 6.07) is 7.44. The second kappa shape index (κ2) is 8.24. The molecule has 1 aromatic carbocycles. The SMILES string of the molecule is CCCCNc1ncnc(Oc2ccc(C(C)C)cc2)c1[N+](=O)[O-]. The van der Waals surface area contributed by atoms with Gasteiger partial charge in [0.1, 0.15) is 12.1 Å². The molecule has 0 spiro atoms. The molecule has 2 rings (SSSR count).